The molecule has 0 saturated heterocycles. The van der Waals surface area contributed by atoms with E-state index < -0.39 is 6.61 Å². The fourth-order valence-corrected chi connectivity index (χ4v) is 4.76. The summed E-state index contributed by atoms with van der Waals surface area (Å²) in [4.78, 5) is 7.20. The third-order valence-electron chi connectivity index (χ3n) is 5.66. The van der Waals surface area contributed by atoms with Gasteiger partial charge in [-0.25, -0.2) is 4.98 Å². The first-order valence-electron chi connectivity index (χ1n) is 9.05. The zero-order chi connectivity index (χ0) is 18.7. The Balaban J connectivity index is 1.78. The predicted octanol–water partition coefficient (Wildman–Crippen LogP) is 5.16. The summed E-state index contributed by atoms with van der Waals surface area (Å²) in [6.07, 6.45) is 0.787. The second-order valence-electron chi connectivity index (χ2n) is 7.01. The summed E-state index contributed by atoms with van der Waals surface area (Å²) in [5.41, 5.74) is 3.66. The van der Waals surface area contributed by atoms with Gasteiger partial charge in [-0.05, 0) is 42.8 Å². The van der Waals surface area contributed by atoms with Gasteiger partial charge in [-0.1, -0.05) is 30.7 Å². The quantitative estimate of drug-likeness (QED) is 0.619. The third kappa shape index (κ3) is 2.54. The molecule has 27 heavy (non-hydrogen) atoms. The lowest BCUT2D eigenvalue weighted by Crippen LogP contribution is -2.27. The van der Waals surface area contributed by atoms with Crippen molar-refractivity contribution in [2.45, 2.75) is 38.6 Å². The normalized spacial score (nSPS) is 21.4. The minimum atomic E-state index is -2.85. The zero-order valence-electron chi connectivity index (χ0n) is 14.7. The average molecular weight is 390 g/mol. The Morgan fingerprint density at radius 2 is 2.11 bits per heavy atom. The number of ether oxygens (including phenoxy) is 1. The third-order valence-corrected chi connectivity index (χ3v) is 5.90. The highest BCUT2D eigenvalue weighted by molar-refractivity contribution is 6.31. The molecule has 2 atom stereocenters. The minimum absolute atomic E-state index is 0.102. The first kappa shape index (κ1) is 17.0. The van der Waals surface area contributed by atoms with Gasteiger partial charge in [-0.2, -0.15) is 8.78 Å². The van der Waals surface area contributed by atoms with Gasteiger partial charge in [0.2, 0.25) is 0 Å². The van der Waals surface area contributed by atoms with Crippen molar-refractivity contribution in [3.8, 4) is 5.75 Å². The number of aromatic nitrogens is 2. The van der Waals surface area contributed by atoms with Gasteiger partial charge in [0.25, 0.3) is 0 Å². The molecule has 5 rings (SSSR count). The molecule has 0 radical (unpaired) electrons. The molecule has 2 bridgehead atoms. The molecule has 3 heterocycles. The molecule has 0 saturated carbocycles. The maximum absolute atomic E-state index is 13.0. The molecular weight excluding hydrogens is 372 g/mol. The van der Waals surface area contributed by atoms with Crippen LogP contribution in [0, 0.1) is 0 Å². The lowest BCUT2D eigenvalue weighted by Gasteiger charge is -2.27. The highest BCUT2D eigenvalue weighted by atomic mass is 35.5. The second-order valence-corrected chi connectivity index (χ2v) is 7.45. The molecule has 0 aliphatic carbocycles. The Bertz CT molecular complexity index is 1040. The summed E-state index contributed by atoms with van der Waals surface area (Å²) < 4.78 is 33.2. The molecular formula is C20H18ClF2N3O. The van der Waals surface area contributed by atoms with E-state index in [9.17, 15) is 8.78 Å². The Hall–Kier alpha value is -2.18. The topological polar surface area (TPSA) is 30.3 Å². The summed E-state index contributed by atoms with van der Waals surface area (Å²) in [6.45, 7) is 0.799. The van der Waals surface area contributed by atoms with Gasteiger partial charge in [-0.3, -0.25) is 4.90 Å². The van der Waals surface area contributed by atoms with Crippen LogP contribution in [0.15, 0.2) is 36.4 Å². The fraction of sp³-hybridized carbons (Fsp3) is 0.350. The van der Waals surface area contributed by atoms with Crippen molar-refractivity contribution in [1.29, 1.82) is 0 Å². The summed E-state index contributed by atoms with van der Waals surface area (Å²) in [7, 11) is 0. The van der Waals surface area contributed by atoms with Crippen LogP contribution in [-0.2, 0) is 6.54 Å². The smallest absolute Gasteiger partial charge is 0.387 e. The molecule has 0 spiro atoms. The van der Waals surface area contributed by atoms with Crippen molar-refractivity contribution >= 4 is 22.6 Å². The van der Waals surface area contributed by atoms with Crippen molar-refractivity contribution in [1.82, 2.24) is 14.5 Å². The molecule has 0 amide bonds. The first-order valence-corrected chi connectivity index (χ1v) is 9.42. The Morgan fingerprint density at radius 1 is 1.26 bits per heavy atom. The molecule has 0 N–H and O–H groups in total. The van der Waals surface area contributed by atoms with Crippen LogP contribution in [0.3, 0.4) is 0 Å². The Labute approximate surface area is 160 Å². The highest BCUT2D eigenvalue weighted by Crippen LogP contribution is 2.50. The van der Waals surface area contributed by atoms with E-state index in [2.05, 4.69) is 16.4 Å². The van der Waals surface area contributed by atoms with Crippen LogP contribution in [0.4, 0.5) is 8.78 Å². The van der Waals surface area contributed by atoms with Crippen LogP contribution < -0.4 is 4.74 Å². The first-order chi connectivity index (χ1) is 13.1. The van der Waals surface area contributed by atoms with E-state index in [4.69, 9.17) is 21.3 Å². The molecule has 1 aromatic heterocycles. The number of halogens is 3. The fourth-order valence-electron chi connectivity index (χ4n) is 4.59. The minimum Gasteiger partial charge on any atom is -0.434 e. The summed E-state index contributed by atoms with van der Waals surface area (Å²) in [5, 5.41) is 0.633. The van der Waals surface area contributed by atoms with Crippen LogP contribution in [0.5, 0.6) is 5.75 Å². The monoisotopic (exact) mass is 389 g/mol. The molecule has 2 aromatic carbocycles. The molecule has 2 aliphatic heterocycles. The predicted molar refractivity (Wildman–Crippen MR) is 99.4 cm³/mol. The van der Waals surface area contributed by atoms with Crippen LogP contribution in [0.2, 0.25) is 5.02 Å². The van der Waals surface area contributed by atoms with E-state index in [1.807, 2.05) is 24.3 Å². The molecule has 2 aliphatic rings. The van der Waals surface area contributed by atoms with Crippen LogP contribution in [-0.4, -0.2) is 27.6 Å². The number of rotatable bonds is 3. The Kier molecular flexibility index (Phi) is 3.88. The van der Waals surface area contributed by atoms with Gasteiger partial charge < -0.3 is 9.30 Å². The summed E-state index contributed by atoms with van der Waals surface area (Å²) in [5.74, 6) is 1.22. The van der Waals surface area contributed by atoms with Crippen LogP contribution in [0.25, 0.3) is 11.0 Å². The van der Waals surface area contributed by atoms with Crippen molar-refractivity contribution in [3.63, 3.8) is 0 Å². The van der Waals surface area contributed by atoms with Gasteiger partial charge >= 0.3 is 6.61 Å². The van der Waals surface area contributed by atoms with E-state index in [1.54, 1.807) is 12.1 Å². The van der Waals surface area contributed by atoms with Gasteiger partial charge in [0, 0.05) is 17.1 Å². The number of alkyl halides is 2. The lowest BCUT2D eigenvalue weighted by molar-refractivity contribution is -0.0507. The zero-order valence-corrected chi connectivity index (χ0v) is 15.5. The molecule has 7 heteroatoms. The number of hydrogen-bond donors (Lipinski definition) is 0. The summed E-state index contributed by atoms with van der Waals surface area (Å²) in [6, 6.07) is 11.1. The molecule has 3 aromatic rings. The van der Waals surface area contributed by atoms with Crippen molar-refractivity contribution < 1.29 is 13.5 Å². The van der Waals surface area contributed by atoms with E-state index >= 15 is 0 Å². The number of fused-ring (bicyclic) bond motifs is 9. The highest BCUT2D eigenvalue weighted by Gasteiger charge is 2.42. The van der Waals surface area contributed by atoms with E-state index in [0.717, 1.165) is 41.0 Å². The number of imidazole rings is 1. The SMILES string of the molecule is CCN1Cc2cccc(OC(F)F)c2[C@H]2C[C@@H]1c1nc3ccc(Cl)cc3n12. The van der Waals surface area contributed by atoms with Crippen molar-refractivity contribution in [3.05, 3.63) is 58.4 Å². The average Bonchev–Trinajstić information content (AvgIpc) is 3.10. The van der Waals surface area contributed by atoms with Crippen LogP contribution in [0.1, 0.15) is 42.4 Å². The van der Waals surface area contributed by atoms with E-state index in [1.165, 1.54) is 0 Å². The Morgan fingerprint density at radius 3 is 2.89 bits per heavy atom. The number of hydrogen-bond acceptors (Lipinski definition) is 3. The maximum Gasteiger partial charge on any atom is 0.387 e. The van der Waals surface area contributed by atoms with Gasteiger partial charge in [0.05, 0.1) is 23.1 Å². The summed E-state index contributed by atoms with van der Waals surface area (Å²) >= 11 is 6.23. The number of benzene rings is 2. The van der Waals surface area contributed by atoms with Crippen LogP contribution >= 0.6 is 11.6 Å². The largest absolute Gasteiger partial charge is 0.434 e. The van der Waals surface area contributed by atoms with Crippen molar-refractivity contribution in [2.24, 2.45) is 0 Å². The standard InChI is InChI=1S/C20H18ClF2N3O/c1-2-25-10-11-4-3-5-17(27-20(22)23)18(11)15-9-16(25)19-24-13-7-6-12(21)8-14(13)26(15)19/h3-8,15-16,20H,2,9-10H2,1H3/t15-,16-/m1/s1. The molecule has 4 nitrogen and oxygen atoms in total. The lowest BCUT2D eigenvalue weighted by atomic mass is 9.98. The van der Waals surface area contributed by atoms with E-state index in [-0.39, 0.29) is 17.8 Å². The second kappa shape index (κ2) is 6.17. The van der Waals surface area contributed by atoms with Gasteiger partial charge in [0.15, 0.2) is 0 Å². The van der Waals surface area contributed by atoms with Gasteiger partial charge in [0.1, 0.15) is 11.6 Å². The molecule has 0 fully saturated rings. The number of nitrogens with zero attached hydrogens (tertiary/aromatic N) is 3. The van der Waals surface area contributed by atoms with E-state index in [0.29, 0.717) is 11.6 Å². The van der Waals surface area contributed by atoms with Gasteiger partial charge in [-0.15, -0.1) is 0 Å². The maximum atomic E-state index is 13.0. The molecule has 0 unspecified atom stereocenters. The molecule has 140 valence electrons. The van der Waals surface area contributed by atoms with Crippen molar-refractivity contribution in [2.75, 3.05) is 6.54 Å².